The van der Waals surface area contributed by atoms with Gasteiger partial charge in [0.1, 0.15) is 5.82 Å². The van der Waals surface area contributed by atoms with Crippen LogP contribution < -0.4 is 20.1 Å². The molecule has 0 saturated heterocycles. The second-order valence-electron chi connectivity index (χ2n) is 10.0. The average Bonchev–Trinajstić information content (AvgIpc) is 2.93. The first-order valence-corrected chi connectivity index (χ1v) is 12.9. The quantitative estimate of drug-likeness (QED) is 0.403. The number of carbonyl (C=O) groups is 2. The summed E-state index contributed by atoms with van der Waals surface area (Å²) in [5.74, 6) is -0.200. The smallest absolute Gasteiger partial charge is 0.254 e. The number of dihydropyridines is 1. The third-order valence-electron chi connectivity index (χ3n) is 7.46. The van der Waals surface area contributed by atoms with Crippen LogP contribution in [0.15, 0.2) is 89.3 Å². The van der Waals surface area contributed by atoms with E-state index in [4.69, 9.17) is 9.47 Å². The maximum Gasteiger partial charge on any atom is 0.254 e. The molecule has 2 N–H and O–H groups in total. The lowest BCUT2D eigenvalue weighted by atomic mass is 9.71. The van der Waals surface area contributed by atoms with Gasteiger partial charge in [-0.1, -0.05) is 35.9 Å². The highest BCUT2D eigenvalue weighted by molar-refractivity contribution is 6.10. The molecule has 1 heterocycles. The van der Waals surface area contributed by atoms with Crippen LogP contribution in [-0.2, 0) is 9.59 Å². The van der Waals surface area contributed by atoms with Crippen molar-refractivity contribution in [1.82, 2.24) is 5.32 Å². The molecule has 2 atom stereocenters. The number of benzene rings is 3. The van der Waals surface area contributed by atoms with E-state index in [-0.39, 0.29) is 29.8 Å². The van der Waals surface area contributed by atoms with Gasteiger partial charge in [0.25, 0.3) is 5.91 Å². The summed E-state index contributed by atoms with van der Waals surface area (Å²) in [6, 6.07) is 19.3. The van der Waals surface area contributed by atoms with Gasteiger partial charge in [-0.3, -0.25) is 9.59 Å². The summed E-state index contributed by atoms with van der Waals surface area (Å²) in [4.78, 5) is 27.5. The van der Waals surface area contributed by atoms with E-state index in [1.54, 1.807) is 26.4 Å². The first kappa shape index (κ1) is 26.2. The lowest BCUT2D eigenvalue weighted by Crippen LogP contribution is -2.37. The van der Waals surface area contributed by atoms with E-state index in [2.05, 4.69) is 10.6 Å². The van der Waals surface area contributed by atoms with Crippen LogP contribution in [-0.4, -0.2) is 25.9 Å². The van der Waals surface area contributed by atoms with Crippen LogP contribution >= 0.6 is 0 Å². The summed E-state index contributed by atoms with van der Waals surface area (Å²) < 4.78 is 24.7. The van der Waals surface area contributed by atoms with Gasteiger partial charge in [0.2, 0.25) is 0 Å². The molecule has 200 valence electrons. The molecule has 0 bridgehead atoms. The molecule has 0 aromatic heterocycles. The fraction of sp³-hybridized carbons (Fsp3) is 0.250. The molecule has 6 nitrogen and oxygen atoms in total. The van der Waals surface area contributed by atoms with Gasteiger partial charge in [0.15, 0.2) is 17.3 Å². The van der Waals surface area contributed by atoms with E-state index >= 15 is 0 Å². The summed E-state index contributed by atoms with van der Waals surface area (Å²) in [6.45, 7) is 3.82. The number of rotatable bonds is 6. The van der Waals surface area contributed by atoms with Crippen LogP contribution in [0.1, 0.15) is 48.3 Å². The third-order valence-corrected chi connectivity index (χ3v) is 7.46. The van der Waals surface area contributed by atoms with Crippen molar-refractivity contribution in [1.29, 1.82) is 0 Å². The largest absolute Gasteiger partial charge is 0.493 e. The molecule has 0 fully saturated rings. The predicted octanol–water partition coefficient (Wildman–Crippen LogP) is 6.15. The summed E-state index contributed by atoms with van der Waals surface area (Å²) in [5.41, 5.74) is 5.84. The molecule has 5 rings (SSSR count). The number of nitrogens with one attached hydrogen (secondary N) is 2. The van der Waals surface area contributed by atoms with Crippen LogP contribution in [0.4, 0.5) is 10.1 Å². The van der Waals surface area contributed by atoms with Crippen molar-refractivity contribution in [3.05, 3.63) is 112 Å². The monoisotopic (exact) mass is 526 g/mol. The Balaban J connectivity index is 1.53. The predicted molar refractivity (Wildman–Crippen MR) is 148 cm³/mol. The molecule has 7 heteroatoms. The lowest BCUT2D eigenvalue weighted by Gasteiger charge is -2.37. The SMILES string of the molecule is COc1ccc(C2CC(=O)C3=C(C2)NC(C)=C(C(=O)Nc2ccc(C)cc2)C3c2ccc(F)cc2)cc1OC. The highest BCUT2D eigenvalue weighted by Crippen LogP contribution is 2.46. The van der Waals surface area contributed by atoms with Crippen molar-refractivity contribution >= 4 is 17.4 Å². The topological polar surface area (TPSA) is 76.7 Å². The zero-order valence-electron chi connectivity index (χ0n) is 22.4. The Hall–Kier alpha value is -4.39. The van der Waals surface area contributed by atoms with Crippen LogP contribution in [0, 0.1) is 12.7 Å². The van der Waals surface area contributed by atoms with Crippen LogP contribution in [0.2, 0.25) is 0 Å². The zero-order valence-corrected chi connectivity index (χ0v) is 22.4. The number of hydrogen-bond acceptors (Lipinski definition) is 5. The van der Waals surface area contributed by atoms with Crippen molar-refractivity contribution in [2.75, 3.05) is 19.5 Å². The van der Waals surface area contributed by atoms with E-state index in [1.165, 1.54) is 12.1 Å². The van der Waals surface area contributed by atoms with E-state index in [0.29, 0.717) is 46.0 Å². The van der Waals surface area contributed by atoms with Gasteiger partial charge in [-0.2, -0.15) is 0 Å². The Morgan fingerprint density at radius 3 is 2.23 bits per heavy atom. The fourth-order valence-electron chi connectivity index (χ4n) is 5.51. The van der Waals surface area contributed by atoms with Crippen molar-refractivity contribution in [2.24, 2.45) is 0 Å². The number of anilines is 1. The Kier molecular flexibility index (Phi) is 7.24. The zero-order chi connectivity index (χ0) is 27.7. The molecule has 39 heavy (non-hydrogen) atoms. The number of allylic oxidation sites excluding steroid dienone is 3. The minimum atomic E-state index is -0.619. The molecule has 1 amide bonds. The fourth-order valence-corrected chi connectivity index (χ4v) is 5.51. The Morgan fingerprint density at radius 2 is 1.56 bits per heavy atom. The molecule has 2 unspecified atom stereocenters. The first-order valence-electron chi connectivity index (χ1n) is 12.9. The summed E-state index contributed by atoms with van der Waals surface area (Å²) in [7, 11) is 3.17. The van der Waals surface area contributed by atoms with E-state index < -0.39 is 5.92 Å². The van der Waals surface area contributed by atoms with E-state index in [0.717, 1.165) is 16.8 Å². The number of ketones is 1. The summed E-state index contributed by atoms with van der Waals surface area (Å²) in [5, 5.41) is 6.36. The summed E-state index contributed by atoms with van der Waals surface area (Å²) in [6.07, 6.45) is 0.859. The molecule has 1 aliphatic carbocycles. The van der Waals surface area contributed by atoms with Crippen LogP contribution in [0.5, 0.6) is 11.5 Å². The van der Waals surface area contributed by atoms with Gasteiger partial charge in [-0.25, -0.2) is 4.39 Å². The minimum Gasteiger partial charge on any atom is -0.493 e. The number of amides is 1. The van der Waals surface area contributed by atoms with Crippen molar-refractivity contribution < 1.29 is 23.5 Å². The maximum atomic E-state index is 13.9. The van der Waals surface area contributed by atoms with Gasteiger partial charge >= 0.3 is 0 Å². The maximum absolute atomic E-state index is 13.9. The molecule has 0 saturated carbocycles. The second kappa shape index (κ2) is 10.8. The van der Waals surface area contributed by atoms with Crippen molar-refractivity contribution in [2.45, 2.75) is 38.5 Å². The Morgan fingerprint density at radius 1 is 0.897 bits per heavy atom. The molecule has 0 radical (unpaired) electrons. The Bertz CT molecular complexity index is 1490. The number of ether oxygens (including phenoxy) is 2. The van der Waals surface area contributed by atoms with Gasteiger partial charge in [-0.05, 0) is 73.7 Å². The number of halogens is 1. The van der Waals surface area contributed by atoms with Gasteiger partial charge < -0.3 is 20.1 Å². The number of hydrogen-bond donors (Lipinski definition) is 2. The highest BCUT2D eigenvalue weighted by Gasteiger charge is 2.41. The average molecular weight is 527 g/mol. The van der Waals surface area contributed by atoms with Gasteiger partial charge in [0, 0.05) is 40.6 Å². The molecule has 1 aliphatic heterocycles. The van der Waals surface area contributed by atoms with E-state index in [9.17, 15) is 14.0 Å². The second-order valence-corrected chi connectivity index (χ2v) is 10.0. The van der Waals surface area contributed by atoms with Crippen LogP contribution in [0.3, 0.4) is 0 Å². The first-order chi connectivity index (χ1) is 18.8. The van der Waals surface area contributed by atoms with Crippen LogP contribution in [0.25, 0.3) is 0 Å². The number of carbonyl (C=O) groups excluding carboxylic acids is 2. The Labute approximate surface area is 227 Å². The van der Waals surface area contributed by atoms with Gasteiger partial charge in [-0.15, -0.1) is 0 Å². The van der Waals surface area contributed by atoms with Crippen molar-refractivity contribution in [3.63, 3.8) is 0 Å². The standard InChI is InChI=1S/C32H31FN2O4/c1-18-5-12-24(13-6-18)35-32(37)29-19(2)34-25-15-22(21-9-14-27(38-3)28(17-21)39-4)16-26(36)31(25)30(29)20-7-10-23(33)11-8-20/h5-14,17,22,30,34H,15-16H2,1-4H3,(H,35,37). The lowest BCUT2D eigenvalue weighted by molar-refractivity contribution is -0.116. The molecular formula is C32H31FN2O4. The van der Waals surface area contributed by atoms with Crippen molar-refractivity contribution in [3.8, 4) is 11.5 Å². The molecule has 3 aromatic rings. The minimum absolute atomic E-state index is 0.0500. The van der Waals surface area contributed by atoms with E-state index in [1.807, 2.05) is 56.3 Å². The number of methoxy groups -OCH3 is 2. The summed E-state index contributed by atoms with van der Waals surface area (Å²) >= 11 is 0. The molecule has 2 aliphatic rings. The molecule has 0 spiro atoms. The third kappa shape index (κ3) is 5.17. The molecule has 3 aromatic carbocycles. The normalized spacial score (nSPS) is 18.8. The number of aryl methyl sites for hydroxylation is 1. The van der Waals surface area contributed by atoms with Gasteiger partial charge in [0.05, 0.1) is 14.2 Å². The number of Topliss-reactive ketones (excluding diaryl/α,β-unsaturated/α-hetero) is 1. The molecular weight excluding hydrogens is 495 g/mol. The highest BCUT2D eigenvalue weighted by atomic mass is 19.1.